The van der Waals surface area contributed by atoms with E-state index in [2.05, 4.69) is 17.0 Å². The number of aliphatic hydroxyl groups is 1. The van der Waals surface area contributed by atoms with E-state index in [4.69, 9.17) is 4.74 Å². The first kappa shape index (κ1) is 23.7. The van der Waals surface area contributed by atoms with Crippen LogP contribution in [-0.2, 0) is 19.6 Å². The molecule has 0 heterocycles. The van der Waals surface area contributed by atoms with Crippen molar-refractivity contribution in [3.8, 4) is 5.75 Å². The van der Waals surface area contributed by atoms with Crippen LogP contribution >= 0.6 is 12.4 Å². The number of aliphatic hydroxyl groups excluding tert-OH is 1. The average molecular weight is 455 g/mol. The van der Waals surface area contributed by atoms with Gasteiger partial charge in [0.25, 0.3) is 0 Å². The van der Waals surface area contributed by atoms with Crippen molar-refractivity contribution in [1.29, 1.82) is 0 Å². The van der Waals surface area contributed by atoms with Crippen molar-refractivity contribution in [3.05, 3.63) is 105 Å². The number of benzene rings is 3. The summed E-state index contributed by atoms with van der Waals surface area (Å²) >= 11 is 0. The van der Waals surface area contributed by atoms with Crippen LogP contribution in [0.15, 0.2) is 72.8 Å². The predicted octanol–water partition coefficient (Wildman–Crippen LogP) is 5.08. The van der Waals surface area contributed by atoms with E-state index in [0.717, 1.165) is 5.56 Å². The van der Waals surface area contributed by atoms with Gasteiger partial charge in [0.05, 0.1) is 11.0 Å². The van der Waals surface area contributed by atoms with Crippen molar-refractivity contribution in [2.24, 2.45) is 0 Å². The quantitative estimate of drug-likeness (QED) is 0.398. The maximum absolute atomic E-state index is 11.9. The van der Waals surface area contributed by atoms with Crippen LogP contribution < -0.4 is 4.74 Å². The van der Waals surface area contributed by atoms with E-state index >= 15 is 0 Å². The number of halogens is 1. The van der Waals surface area contributed by atoms with Gasteiger partial charge in [0.15, 0.2) is 5.75 Å². The van der Waals surface area contributed by atoms with Crippen molar-refractivity contribution in [2.75, 3.05) is 7.05 Å². The third-order valence-electron chi connectivity index (χ3n) is 5.92. The Kier molecular flexibility index (Phi) is 7.85. The first-order valence-electron chi connectivity index (χ1n) is 10.4. The van der Waals surface area contributed by atoms with Crippen molar-refractivity contribution < 1.29 is 14.8 Å². The Bertz CT molecular complexity index is 1050. The molecular weight excluding hydrogens is 428 g/mol. The minimum absolute atomic E-state index is 0. The molecule has 1 N–H and O–H groups in total. The number of nitro groups is 1. The second-order valence-electron chi connectivity index (χ2n) is 7.96. The monoisotopic (exact) mass is 454 g/mol. The second kappa shape index (κ2) is 10.6. The van der Waals surface area contributed by atoms with E-state index in [-0.39, 0.29) is 41.4 Å². The third-order valence-corrected chi connectivity index (χ3v) is 5.92. The highest BCUT2D eigenvalue weighted by Crippen LogP contribution is 2.42. The predicted molar refractivity (Wildman–Crippen MR) is 126 cm³/mol. The highest BCUT2D eigenvalue weighted by Gasteiger charge is 2.36. The zero-order valence-corrected chi connectivity index (χ0v) is 18.7. The summed E-state index contributed by atoms with van der Waals surface area (Å²) in [6.45, 7) is 0.962. The molecular formula is C25H27ClN2O4. The molecule has 4 rings (SSSR count). The fourth-order valence-electron chi connectivity index (χ4n) is 4.33. The zero-order chi connectivity index (χ0) is 21.8. The molecule has 1 aliphatic carbocycles. The van der Waals surface area contributed by atoms with E-state index in [1.807, 2.05) is 55.6 Å². The van der Waals surface area contributed by atoms with E-state index in [0.29, 0.717) is 30.5 Å². The standard InChI is InChI=1S/C25H26N2O4.ClH/c1-26(16-18-8-4-2-5-9-18)22-14-12-20-21(25(22)28)13-15-23(24(20)27(29)30)31-17-19-10-6-3-7-11-19;/h2-11,13,15,22,25,28H,12,14,16-17H2,1H3;1H. The SMILES string of the molecule is CN(Cc1ccccc1)C1CCc2c(ccc(OCc3ccccc3)c2[N+](=O)[O-])C1O.Cl. The summed E-state index contributed by atoms with van der Waals surface area (Å²) in [4.78, 5) is 13.6. The van der Waals surface area contributed by atoms with Gasteiger partial charge in [-0.1, -0.05) is 66.7 Å². The number of fused-ring (bicyclic) bond motifs is 1. The van der Waals surface area contributed by atoms with Gasteiger partial charge in [0, 0.05) is 18.2 Å². The van der Waals surface area contributed by atoms with E-state index in [1.54, 1.807) is 12.1 Å². The van der Waals surface area contributed by atoms with Gasteiger partial charge in [-0.3, -0.25) is 15.0 Å². The van der Waals surface area contributed by atoms with E-state index in [9.17, 15) is 15.2 Å². The topological polar surface area (TPSA) is 75.8 Å². The molecule has 1 aliphatic rings. The van der Waals surface area contributed by atoms with Crippen molar-refractivity contribution in [3.63, 3.8) is 0 Å². The number of rotatable bonds is 7. The lowest BCUT2D eigenvalue weighted by Crippen LogP contribution is -2.39. The summed E-state index contributed by atoms with van der Waals surface area (Å²) in [5.41, 5.74) is 3.27. The summed E-state index contributed by atoms with van der Waals surface area (Å²) in [5, 5.41) is 23.0. The van der Waals surface area contributed by atoms with Gasteiger partial charge in [-0.15, -0.1) is 12.4 Å². The average Bonchev–Trinajstić information content (AvgIpc) is 2.78. The maximum atomic E-state index is 11.9. The van der Waals surface area contributed by atoms with Crippen LogP contribution in [0.4, 0.5) is 5.69 Å². The summed E-state index contributed by atoms with van der Waals surface area (Å²) in [6, 6.07) is 22.9. The molecule has 0 radical (unpaired) electrons. The van der Waals surface area contributed by atoms with Crippen molar-refractivity contribution >= 4 is 18.1 Å². The molecule has 0 saturated heterocycles. The molecule has 3 aromatic carbocycles. The summed E-state index contributed by atoms with van der Waals surface area (Å²) in [7, 11) is 1.98. The molecule has 0 fully saturated rings. The Hall–Kier alpha value is -2.93. The highest BCUT2D eigenvalue weighted by atomic mass is 35.5. The summed E-state index contributed by atoms with van der Waals surface area (Å²) < 4.78 is 5.81. The largest absolute Gasteiger partial charge is 0.482 e. The Morgan fingerprint density at radius 2 is 1.66 bits per heavy atom. The molecule has 0 amide bonds. The molecule has 0 spiro atoms. The van der Waals surface area contributed by atoms with Gasteiger partial charge < -0.3 is 9.84 Å². The molecule has 2 atom stereocenters. The lowest BCUT2D eigenvalue weighted by Gasteiger charge is -2.36. The molecule has 0 aromatic heterocycles. The lowest BCUT2D eigenvalue weighted by molar-refractivity contribution is -0.386. The van der Waals surface area contributed by atoms with Gasteiger partial charge >= 0.3 is 5.69 Å². The fourth-order valence-corrected chi connectivity index (χ4v) is 4.33. The number of nitro benzene ring substituents is 1. The Morgan fingerprint density at radius 1 is 1.03 bits per heavy atom. The second-order valence-corrected chi connectivity index (χ2v) is 7.96. The van der Waals surface area contributed by atoms with Crippen molar-refractivity contribution in [1.82, 2.24) is 4.90 Å². The van der Waals surface area contributed by atoms with Crippen LogP contribution in [0.1, 0.15) is 34.8 Å². The molecule has 2 unspecified atom stereocenters. The smallest absolute Gasteiger partial charge is 0.314 e. The van der Waals surface area contributed by atoms with Gasteiger partial charge in [-0.2, -0.15) is 0 Å². The normalized spacial score (nSPS) is 17.3. The Balaban J connectivity index is 0.00000289. The number of hydrogen-bond acceptors (Lipinski definition) is 5. The van der Waals surface area contributed by atoms with Crippen LogP contribution in [-0.4, -0.2) is 28.0 Å². The number of nitrogens with zero attached hydrogens (tertiary/aromatic N) is 2. The molecule has 168 valence electrons. The minimum atomic E-state index is -0.792. The number of likely N-dealkylation sites (N-methyl/N-ethyl adjacent to an activating group) is 1. The molecule has 0 aliphatic heterocycles. The summed E-state index contributed by atoms with van der Waals surface area (Å²) in [6.07, 6.45) is 0.370. The van der Waals surface area contributed by atoms with Gasteiger partial charge in [-0.25, -0.2) is 0 Å². The molecule has 32 heavy (non-hydrogen) atoms. The van der Waals surface area contributed by atoms with Gasteiger partial charge in [0.2, 0.25) is 0 Å². The third kappa shape index (κ3) is 5.10. The molecule has 7 heteroatoms. The van der Waals surface area contributed by atoms with Gasteiger partial charge in [0.1, 0.15) is 6.61 Å². The van der Waals surface area contributed by atoms with Crippen LogP contribution in [0.25, 0.3) is 0 Å². The fraction of sp³-hybridized carbons (Fsp3) is 0.280. The number of ether oxygens (including phenoxy) is 1. The minimum Gasteiger partial charge on any atom is -0.482 e. The van der Waals surface area contributed by atoms with E-state index < -0.39 is 6.10 Å². The maximum Gasteiger partial charge on any atom is 0.314 e. The Morgan fingerprint density at radius 3 is 2.28 bits per heavy atom. The Labute approximate surface area is 194 Å². The number of hydrogen-bond donors (Lipinski definition) is 1. The summed E-state index contributed by atoms with van der Waals surface area (Å²) in [5.74, 6) is 0.246. The first-order valence-corrected chi connectivity index (χ1v) is 10.4. The van der Waals surface area contributed by atoms with Crippen molar-refractivity contribution in [2.45, 2.75) is 38.1 Å². The van der Waals surface area contributed by atoms with E-state index in [1.165, 1.54) is 5.56 Å². The molecule has 0 saturated carbocycles. The highest BCUT2D eigenvalue weighted by molar-refractivity contribution is 5.85. The first-order chi connectivity index (χ1) is 15.0. The van der Waals surface area contributed by atoms with Crippen LogP contribution in [0, 0.1) is 10.1 Å². The molecule has 0 bridgehead atoms. The molecule has 3 aromatic rings. The van der Waals surface area contributed by atoms with Crippen LogP contribution in [0.2, 0.25) is 0 Å². The van der Waals surface area contributed by atoms with Gasteiger partial charge in [-0.05, 0) is 42.6 Å². The molecule has 6 nitrogen and oxygen atoms in total. The zero-order valence-electron chi connectivity index (χ0n) is 17.9. The lowest BCUT2D eigenvalue weighted by atomic mass is 9.84. The van der Waals surface area contributed by atoms with Crippen LogP contribution in [0.3, 0.4) is 0 Å². The van der Waals surface area contributed by atoms with Crippen LogP contribution in [0.5, 0.6) is 5.75 Å².